The molecule has 0 N–H and O–H groups in total. The molecule has 0 aliphatic carbocycles. The first-order chi connectivity index (χ1) is 14.8. The van der Waals surface area contributed by atoms with Crippen molar-refractivity contribution in [1.82, 2.24) is 0 Å². The zero-order chi connectivity index (χ0) is 22.5. The number of hydrogen-bond acceptors (Lipinski definition) is 3. The summed E-state index contributed by atoms with van der Waals surface area (Å²) < 4.78 is 5.78. The van der Waals surface area contributed by atoms with Crippen molar-refractivity contribution in [2.24, 2.45) is 0 Å². The van der Waals surface area contributed by atoms with E-state index < -0.39 is 24.2 Å². The number of ether oxygens (including phenoxy) is 1. The van der Waals surface area contributed by atoms with Crippen LogP contribution in [-0.2, 0) is 14.3 Å². The highest BCUT2D eigenvalue weighted by Crippen LogP contribution is 2.46. The average Bonchev–Trinajstić information content (AvgIpc) is 2.77. The van der Waals surface area contributed by atoms with Gasteiger partial charge in [0.2, 0.25) is 0 Å². The van der Waals surface area contributed by atoms with E-state index in [1.807, 2.05) is 91.0 Å². The topological polar surface area (TPSA) is 43.4 Å². The zero-order valence-electron chi connectivity index (χ0n) is 18.1. The van der Waals surface area contributed by atoms with Gasteiger partial charge >= 0.3 is 5.97 Å². The summed E-state index contributed by atoms with van der Waals surface area (Å²) in [6, 6.07) is 29.3. The highest BCUT2D eigenvalue weighted by molar-refractivity contribution is 7.97. The molecule has 0 heterocycles. The predicted molar refractivity (Wildman–Crippen MR) is 131 cm³/mol. The van der Waals surface area contributed by atoms with Crippen LogP contribution >= 0.6 is 6.89 Å². The molecule has 3 aromatic rings. The lowest BCUT2D eigenvalue weighted by atomic mass is 10.2. The van der Waals surface area contributed by atoms with Crippen LogP contribution in [0.4, 0.5) is 0 Å². The Morgan fingerprint density at radius 3 is 1.39 bits per heavy atom. The minimum Gasteiger partial charge on any atom is -0.456 e. The molecule has 3 nitrogen and oxygen atoms in total. The number of carbonyl (C=O) groups is 2. The molecule has 3 aromatic carbocycles. The van der Waals surface area contributed by atoms with Crippen molar-refractivity contribution in [3.05, 3.63) is 104 Å². The van der Waals surface area contributed by atoms with Gasteiger partial charge in [-0.25, -0.2) is 4.79 Å². The van der Waals surface area contributed by atoms with Gasteiger partial charge in [-0.15, -0.1) is 0 Å². The molecular weight excluding hydrogens is 403 g/mol. The van der Waals surface area contributed by atoms with Crippen molar-refractivity contribution in [2.45, 2.75) is 26.4 Å². The van der Waals surface area contributed by atoms with Crippen molar-refractivity contribution >= 4 is 39.8 Å². The van der Waals surface area contributed by atoms with Crippen LogP contribution < -0.4 is 15.9 Å². The summed E-state index contributed by atoms with van der Waals surface area (Å²) in [5.41, 5.74) is -0.747. The van der Waals surface area contributed by atoms with Crippen LogP contribution in [0.25, 0.3) is 0 Å². The molecule has 0 saturated carbocycles. The highest BCUT2D eigenvalue weighted by atomic mass is 31.2. The normalized spacial score (nSPS) is 11.5. The van der Waals surface area contributed by atoms with Gasteiger partial charge in [-0.2, -0.15) is 0 Å². The number of rotatable bonds is 6. The molecule has 0 aliphatic heterocycles. The summed E-state index contributed by atoms with van der Waals surface area (Å²) >= 11 is 0. The number of benzene rings is 3. The fourth-order valence-electron chi connectivity index (χ4n) is 3.62. The predicted octanol–water partition coefficient (Wildman–Crippen LogP) is 4.25. The van der Waals surface area contributed by atoms with E-state index in [0.717, 1.165) is 15.9 Å². The molecule has 0 saturated heterocycles. The van der Waals surface area contributed by atoms with E-state index in [-0.39, 0.29) is 5.29 Å². The van der Waals surface area contributed by atoms with Crippen molar-refractivity contribution in [1.29, 1.82) is 0 Å². The molecule has 0 unspecified atom stereocenters. The minimum atomic E-state index is -2.86. The summed E-state index contributed by atoms with van der Waals surface area (Å²) in [6.45, 7) is 6.24. The molecule has 0 aromatic heterocycles. The standard InChI is InChI=1S/C27H27O3P/c1-5-24(28)25(26(29)30-27(2,3)4)31(21-15-9-6-10-16-21,22-17-11-7-12-18-22)23-19-13-8-14-20-23/h5-20H,1H2,2-4H3. The van der Waals surface area contributed by atoms with Gasteiger partial charge in [-0.1, -0.05) is 97.6 Å². The second-order valence-electron chi connectivity index (χ2n) is 8.10. The van der Waals surface area contributed by atoms with Gasteiger partial charge in [0.05, 0.1) is 0 Å². The van der Waals surface area contributed by atoms with E-state index >= 15 is 0 Å². The van der Waals surface area contributed by atoms with Crippen LogP contribution in [0.15, 0.2) is 104 Å². The SMILES string of the molecule is C=CC(=O)C(C(=O)OC(C)(C)C)=P(c1ccccc1)(c1ccccc1)c1ccccc1. The first-order valence-electron chi connectivity index (χ1n) is 10.1. The molecule has 0 amide bonds. The zero-order valence-corrected chi connectivity index (χ0v) is 19.0. The van der Waals surface area contributed by atoms with Gasteiger partial charge in [0, 0.05) is 0 Å². The van der Waals surface area contributed by atoms with Gasteiger partial charge in [0.25, 0.3) is 0 Å². The van der Waals surface area contributed by atoms with Gasteiger partial charge in [0.15, 0.2) is 5.78 Å². The molecule has 158 valence electrons. The fourth-order valence-corrected chi connectivity index (χ4v) is 7.88. The van der Waals surface area contributed by atoms with Gasteiger partial charge in [0.1, 0.15) is 10.9 Å². The maximum atomic E-state index is 13.6. The van der Waals surface area contributed by atoms with Crippen LogP contribution in [0.1, 0.15) is 20.8 Å². The van der Waals surface area contributed by atoms with Crippen LogP contribution in [-0.4, -0.2) is 22.6 Å². The Kier molecular flexibility index (Phi) is 6.77. The van der Waals surface area contributed by atoms with Crippen LogP contribution in [0, 0.1) is 0 Å². The molecular formula is C27H27O3P. The number of esters is 1. The third-order valence-corrected chi connectivity index (χ3v) is 9.07. The minimum absolute atomic E-state index is 0.126. The Morgan fingerprint density at radius 1 is 0.742 bits per heavy atom. The summed E-state index contributed by atoms with van der Waals surface area (Å²) in [5, 5.41) is 2.84. The lowest BCUT2D eigenvalue weighted by Crippen LogP contribution is -2.40. The molecule has 0 fully saturated rings. The second-order valence-corrected chi connectivity index (χ2v) is 11.4. The third-order valence-electron chi connectivity index (χ3n) is 4.78. The largest absolute Gasteiger partial charge is 0.456 e. The molecule has 0 bridgehead atoms. The Balaban J connectivity index is 2.61. The van der Waals surface area contributed by atoms with E-state index in [1.165, 1.54) is 6.08 Å². The van der Waals surface area contributed by atoms with E-state index in [1.54, 1.807) is 20.8 Å². The molecule has 4 heteroatoms. The van der Waals surface area contributed by atoms with Gasteiger partial charge in [-0.3, -0.25) is 4.79 Å². The lowest BCUT2D eigenvalue weighted by molar-refractivity contribution is -0.146. The Morgan fingerprint density at radius 2 is 1.10 bits per heavy atom. The van der Waals surface area contributed by atoms with E-state index in [9.17, 15) is 9.59 Å². The van der Waals surface area contributed by atoms with Gasteiger partial charge in [-0.05, 0) is 49.6 Å². The van der Waals surface area contributed by atoms with E-state index in [0.29, 0.717) is 0 Å². The van der Waals surface area contributed by atoms with Crippen molar-refractivity contribution in [3.8, 4) is 0 Å². The number of hydrogen-bond donors (Lipinski definition) is 0. The summed E-state index contributed by atoms with van der Waals surface area (Å²) in [4.78, 5) is 27.0. The highest BCUT2D eigenvalue weighted by Gasteiger charge is 2.37. The maximum absolute atomic E-state index is 13.6. The Bertz CT molecular complexity index is 1020. The van der Waals surface area contributed by atoms with E-state index in [2.05, 4.69) is 6.58 Å². The van der Waals surface area contributed by atoms with Crippen LogP contribution in [0.2, 0.25) is 0 Å². The Hall–Kier alpha value is -3.16. The number of carbonyl (C=O) groups excluding carboxylic acids is 2. The van der Waals surface area contributed by atoms with Crippen LogP contribution in [0.3, 0.4) is 0 Å². The molecule has 31 heavy (non-hydrogen) atoms. The van der Waals surface area contributed by atoms with E-state index in [4.69, 9.17) is 4.74 Å². The second kappa shape index (κ2) is 9.32. The molecule has 0 aliphatic rings. The quantitative estimate of drug-likeness (QED) is 0.254. The van der Waals surface area contributed by atoms with Crippen molar-refractivity contribution in [2.75, 3.05) is 0 Å². The Labute approximate surface area is 184 Å². The van der Waals surface area contributed by atoms with Crippen LogP contribution in [0.5, 0.6) is 0 Å². The summed E-state index contributed by atoms with van der Waals surface area (Å²) in [6.07, 6.45) is 1.21. The number of allylic oxidation sites excluding steroid dienone is 1. The summed E-state index contributed by atoms with van der Waals surface area (Å²) in [7, 11) is 0. The van der Waals surface area contributed by atoms with Gasteiger partial charge < -0.3 is 4.74 Å². The van der Waals surface area contributed by atoms with Crippen molar-refractivity contribution in [3.63, 3.8) is 0 Å². The smallest absolute Gasteiger partial charge is 0.343 e. The number of ketones is 1. The summed E-state index contributed by atoms with van der Waals surface area (Å²) in [5.74, 6) is -1.03. The van der Waals surface area contributed by atoms with Crippen molar-refractivity contribution < 1.29 is 14.3 Å². The molecule has 3 rings (SSSR count). The molecule has 0 atom stereocenters. The average molecular weight is 430 g/mol. The third kappa shape index (κ3) is 4.62. The first-order valence-corrected chi connectivity index (χ1v) is 11.9. The molecule has 0 spiro atoms. The monoisotopic (exact) mass is 430 g/mol. The fraction of sp³-hybridized carbons (Fsp3) is 0.148. The lowest BCUT2D eigenvalue weighted by Gasteiger charge is -2.32. The maximum Gasteiger partial charge on any atom is 0.343 e. The molecule has 0 radical (unpaired) electrons. The first kappa shape index (κ1) is 22.5.